The molecule has 1 saturated heterocycles. The molecule has 1 unspecified atom stereocenters. The van der Waals surface area contributed by atoms with Crippen molar-refractivity contribution < 1.29 is 14.3 Å². The predicted molar refractivity (Wildman–Crippen MR) is 127 cm³/mol. The molecule has 6 heteroatoms. The summed E-state index contributed by atoms with van der Waals surface area (Å²) in [5, 5.41) is 0. The number of aromatic nitrogens is 1. The van der Waals surface area contributed by atoms with Crippen LogP contribution in [0.1, 0.15) is 81.8 Å². The standard InChI is InChI=1S/C26H35N3O3/c1-5-6-18-29(25(31)32-26(2,3)4)23-21(15-12-17-27-23)22-16-10-11-19-28(22)24(30)20-13-8-7-9-14-20/h7-9,12-15,17,22H,5-6,10-11,16,18-19H2,1-4H3. The number of likely N-dealkylation sites (tertiary alicyclic amines) is 1. The molecule has 0 spiro atoms. The lowest BCUT2D eigenvalue weighted by atomic mass is 9.94. The van der Waals surface area contributed by atoms with E-state index < -0.39 is 11.7 Å². The van der Waals surface area contributed by atoms with Crippen molar-refractivity contribution in [2.75, 3.05) is 18.0 Å². The zero-order valence-electron chi connectivity index (χ0n) is 19.7. The molecule has 1 aromatic carbocycles. The van der Waals surface area contributed by atoms with Crippen LogP contribution < -0.4 is 4.90 Å². The second-order valence-corrected chi connectivity index (χ2v) is 9.28. The van der Waals surface area contributed by atoms with E-state index >= 15 is 0 Å². The zero-order valence-corrected chi connectivity index (χ0v) is 19.7. The third-order valence-corrected chi connectivity index (χ3v) is 5.57. The number of hydrogen-bond acceptors (Lipinski definition) is 4. The first-order chi connectivity index (χ1) is 15.3. The molecule has 0 saturated carbocycles. The highest BCUT2D eigenvalue weighted by atomic mass is 16.6. The lowest BCUT2D eigenvalue weighted by Crippen LogP contribution is -2.41. The predicted octanol–water partition coefficient (Wildman–Crippen LogP) is 5.99. The van der Waals surface area contributed by atoms with Gasteiger partial charge in [0.25, 0.3) is 5.91 Å². The van der Waals surface area contributed by atoms with Gasteiger partial charge in [-0.1, -0.05) is 37.6 Å². The van der Waals surface area contributed by atoms with E-state index in [0.717, 1.165) is 37.7 Å². The topological polar surface area (TPSA) is 62.7 Å². The van der Waals surface area contributed by atoms with E-state index in [1.54, 1.807) is 11.1 Å². The summed E-state index contributed by atoms with van der Waals surface area (Å²) in [6, 6.07) is 13.1. The third kappa shape index (κ3) is 5.87. The van der Waals surface area contributed by atoms with Gasteiger partial charge >= 0.3 is 6.09 Å². The van der Waals surface area contributed by atoms with E-state index in [-0.39, 0.29) is 11.9 Å². The molecule has 32 heavy (non-hydrogen) atoms. The molecule has 172 valence electrons. The molecule has 6 nitrogen and oxygen atoms in total. The van der Waals surface area contributed by atoms with Crippen LogP contribution in [0.2, 0.25) is 0 Å². The summed E-state index contributed by atoms with van der Waals surface area (Å²) >= 11 is 0. The van der Waals surface area contributed by atoms with Crippen LogP contribution in [0.3, 0.4) is 0 Å². The van der Waals surface area contributed by atoms with Gasteiger partial charge < -0.3 is 9.64 Å². The highest BCUT2D eigenvalue weighted by molar-refractivity contribution is 5.95. The first-order valence-electron chi connectivity index (χ1n) is 11.6. The largest absolute Gasteiger partial charge is 0.443 e. The minimum Gasteiger partial charge on any atom is -0.443 e. The summed E-state index contributed by atoms with van der Waals surface area (Å²) in [6.07, 6.45) is 5.93. The van der Waals surface area contributed by atoms with Gasteiger partial charge in [0.05, 0.1) is 6.04 Å². The summed E-state index contributed by atoms with van der Waals surface area (Å²) in [7, 11) is 0. The molecule has 0 aliphatic carbocycles. The fourth-order valence-corrected chi connectivity index (χ4v) is 4.06. The van der Waals surface area contributed by atoms with Crippen molar-refractivity contribution >= 4 is 17.8 Å². The van der Waals surface area contributed by atoms with Crippen molar-refractivity contribution in [1.82, 2.24) is 9.88 Å². The number of carbonyl (C=O) groups excluding carboxylic acids is 2. The van der Waals surface area contributed by atoms with Crippen molar-refractivity contribution in [2.45, 2.75) is 71.4 Å². The summed E-state index contributed by atoms with van der Waals surface area (Å²) in [5.41, 5.74) is 0.981. The van der Waals surface area contributed by atoms with E-state index in [1.807, 2.05) is 68.1 Å². The normalized spacial score (nSPS) is 16.5. The fraction of sp³-hybridized carbons (Fsp3) is 0.500. The lowest BCUT2D eigenvalue weighted by Gasteiger charge is -2.38. The Morgan fingerprint density at radius 1 is 1.12 bits per heavy atom. The summed E-state index contributed by atoms with van der Waals surface area (Å²) < 4.78 is 5.70. The number of rotatable bonds is 6. The summed E-state index contributed by atoms with van der Waals surface area (Å²) in [6.45, 7) is 8.90. The Balaban J connectivity index is 1.98. The quantitative estimate of drug-likeness (QED) is 0.557. The van der Waals surface area contributed by atoms with Crippen molar-refractivity contribution in [2.24, 2.45) is 0 Å². The number of piperidine rings is 1. The third-order valence-electron chi connectivity index (χ3n) is 5.57. The van der Waals surface area contributed by atoms with Gasteiger partial charge in [0.15, 0.2) is 0 Å². The molecule has 1 aliphatic heterocycles. The second kappa shape index (κ2) is 10.6. The van der Waals surface area contributed by atoms with Crippen molar-refractivity contribution in [3.05, 3.63) is 59.8 Å². The van der Waals surface area contributed by atoms with Gasteiger partial charge in [-0.05, 0) is 64.7 Å². The Morgan fingerprint density at radius 3 is 2.56 bits per heavy atom. The maximum absolute atomic E-state index is 13.4. The molecular formula is C26H35N3O3. The monoisotopic (exact) mass is 437 g/mol. The lowest BCUT2D eigenvalue weighted by molar-refractivity contribution is 0.0577. The number of benzene rings is 1. The number of pyridine rings is 1. The van der Waals surface area contributed by atoms with Crippen molar-refractivity contribution in [3.63, 3.8) is 0 Å². The Kier molecular flexibility index (Phi) is 7.89. The number of carbonyl (C=O) groups is 2. The molecular weight excluding hydrogens is 402 g/mol. The number of nitrogens with zero attached hydrogens (tertiary/aromatic N) is 3. The molecule has 0 radical (unpaired) electrons. The van der Waals surface area contributed by atoms with Crippen molar-refractivity contribution in [3.8, 4) is 0 Å². The van der Waals surface area contributed by atoms with Crippen LogP contribution in [0.5, 0.6) is 0 Å². The molecule has 1 atom stereocenters. The average Bonchev–Trinajstić information content (AvgIpc) is 2.78. The van der Waals surface area contributed by atoms with Gasteiger partial charge in [-0.25, -0.2) is 9.78 Å². The van der Waals surface area contributed by atoms with Crippen LogP contribution in [0.15, 0.2) is 48.7 Å². The van der Waals surface area contributed by atoms with E-state index in [9.17, 15) is 9.59 Å². The van der Waals surface area contributed by atoms with E-state index in [2.05, 4.69) is 11.9 Å². The smallest absolute Gasteiger partial charge is 0.416 e. The van der Waals surface area contributed by atoms with Crippen LogP contribution in [0.4, 0.5) is 10.6 Å². The van der Waals surface area contributed by atoms with Crippen LogP contribution in [0, 0.1) is 0 Å². The van der Waals surface area contributed by atoms with Gasteiger partial charge in [0, 0.05) is 30.4 Å². The number of unbranched alkanes of at least 4 members (excludes halogenated alkanes) is 1. The molecule has 1 aromatic heterocycles. The average molecular weight is 438 g/mol. The Morgan fingerprint density at radius 2 is 1.88 bits per heavy atom. The van der Waals surface area contributed by atoms with E-state index in [1.165, 1.54) is 0 Å². The first kappa shape index (κ1) is 23.8. The van der Waals surface area contributed by atoms with Gasteiger partial charge in [0.2, 0.25) is 0 Å². The summed E-state index contributed by atoms with van der Waals surface area (Å²) in [4.78, 5) is 34.7. The van der Waals surface area contributed by atoms with Gasteiger partial charge in [-0.2, -0.15) is 0 Å². The molecule has 0 N–H and O–H groups in total. The van der Waals surface area contributed by atoms with Crippen LogP contribution in [-0.4, -0.2) is 40.6 Å². The molecule has 3 rings (SSSR count). The second-order valence-electron chi connectivity index (χ2n) is 9.28. The highest BCUT2D eigenvalue weighted by Gasteiger charge is 2.33. The molecule has 0 bridgehead atoms. The van der Waals surface area contributed by atoms with Gasteiger partial charge in [0.1, 0.15) is 11.4 Å². The maximum Gasteiger partial charge on any atom is 0.416 e. The number of hydrogen-bond donors (Lipinski definition) is 0. The van der Waals surface area contributed by atoms with Gasteiger partial charge in [-0.3, -0.25) is 9.69 Å². The van der Waals surface area contributed by atoms with E-state index in [4.69, 9.17) is 4.74 Å². The Hall–Kier alpha value is -2.89. The molecule has 2 aromatic rings. The molecule has 1 aliphatic rings. The summed E-state index contributed by atoms with van der Waals surface area (Å²) in [5.74, 6) is 0.607. The fourth-order valence-electron chi connectivity index (χ4n) is 4.06. The Bertz CT molecular complexity index is 908. The number of ether oxygens (including phenoxy) is 1. The zero-order chi connectivity index (χ0) is 23.1. The number of amides is 2. The molecule has 2 amide bonds. The molecule has 2 heterocycles. The highest BCUT2D eigenvalue weighted by Crippen LogP contribution is 2.37. The first-order valence-corrected chi connectivity index (χ1v) is 11.6. The number of anilines is 1. The SMILES string of the molecule is CCCCN(C(=O)OC(C)(C)C)c1ncccc1C1CCCCN1C(=O)c1ccccc1. The van der Waals surface area contributed by atoms with Crippen LogP contribution in [-0.2, 0) is 4.74 Å². The van der Waals surface area contributed by atoms with Crippen molar-refractivity contribution in [1.29, 1.82) is 0 Å². The van der Waals surface area contributed by atoms with Crippen LogP contribution in [0.25, 0.3) is 0 Å². The molecule has 1 fully saturated rings. The van der Waals surface area contributed by atoms with Gasteiger partial charge in [-0.15, -0.1) is 0 Å². The Labute approximate surface area is 191 Å². The van der Waals surface area contributed by atoms with Crippen LogP contribution >= 0.6 is 0 Å². The van der Waals surface area contributed by atoms with E-state index in [0.29, 0.717) is 24.5 Å². The maximum atomic E-state index is 13.4. The minimum absolute atomic E-state index is 0.0162. The minimum atomic E-state index is -0.601.